The molecule has 1 atom stereocenters. The van der Waals surface area contributed by atoms with Crippen molar-refractivity contribution in [3.05, 3.63) is 53.1 Å². The van der Waals surface area contributed by atoms with Gasteiger partial charge in [0.25, 0.3) is 0 Å². The average Bonchev–Trinajstić information content (AvgIpc) is 2.79. The van der Waals surface area contributed by atoms with Crippen LogP contribution in [-0.2, 0) is 12.0 Å². The number of benzene rings is 2. The smallest absolute Gasteiger partial charge is 0.203 e. The van der Waals surface area contributed by atoms with Crippen molar-refractivity contribution in [2.75, 3.05) is 34.4 Å². The van der Waals surface area contributed by atoms with Crippen molar-refractivity contribution in [2.24, 2.45) is 4.99 Å². The molecule has 2 aromatic carbocycles. The Morgan fingerprint density at radius 1 is 0.970 bits per heavy atom. The first-order valence-electron chi connectivity index (χ1n) is 10.8. The fourth-order valence-corrected chi connectivity index (χ4v) is 3.26. The summed E-state index contributed by atoms with van der Waals surface area (Å²) in [6.07, 6.45) is -0.644. The Morgan fingerprint density at radius 2 is 1.55 bits per heavy atom. The van der Waals surface area contributed by atoms with Crippen molar-refractivity contribution >= 4 is 29.9 Å². The summed E-state index contributed by atoms with van der Waals surface area (Å²) in [5.41, 5.74) is 3.10. The molecular weight excluding hydrogens is 533 g/mol. The summed E-state index contributed by atoms with van der Waals surface area (Å²) in [6, 6.07) is 11.9. The normalized spacial score (nSPS) is 12.4. The summed E-state index contributed by atoms with van der Waals surface area (Å²) >= 11 is 0. The number of guanidine groups is 1. The van der Waals surface area contributed by atoms with Crippen molar-refractivity contribution < 1.29 is 19.3 Å². The van der Waals surface area contributed by atoms with Crippen LogP contribution in [0.25, 0.3) is 0 Å². The second-order valence-corrected chi connectivity index (χ2v) is 8.50. The zero-order valence-corrected chi connectivity index (χ0v) is 23.0. The zero-order chi connectivity index (χ0) is 23.7. The van der Waals surface area contributed by atoms with E-state index in [9.17, 15) is 5.11 Å². The monoisotopic (exact) mass is 571 g/mol. The van der Waals surface area contributed by atoms with Crippen molar-refractivity contribution in [1.29, 1.82) is 0 Å². The fourth-order valence-electron chi connectivity index (χ4n) is 3.26. The summed E-state index contributed by atoms with van der Waals surface area (Å²) in [4.78, 5) is 4.63. The molecule has 0 aliphatic rings. The molecule has 0 saturated carbocycles. The first-order valence-corrected chi connectivity index (χ1v) is 10.8. The minimum absolute atomic E-state index is 0. The fraction of sp³-hybridized carbons (Fsp3) is 0.480. The van der Waals surface area contributed by atoms with E-state index in [1.807, 2.05) is 31.2 Å². The van der Waals surface area contributed by atoms with Gasteiger partial charge in [-0.15, -0.1) is 24.0 Å². The van der Waals surface area contributed by atoms with Crippen molar-refractivity contribution in [3.8, 4) is 17.2 Å². The van der Waals surface area contributed by atoms with Gasteiger partial charge in [-0.1, -0.05) is 45.0 Å². The molecule has 0 aliphatic carbocycles. The second-order valence-electron chi connectivity index (χ2n) is 8.50. The van der Waals surface area contributed by atoms with Crippen LogP contribution in [0.3, 0.4) is 0 Å². The molecule has 0 fully saturated rings. The number of nitrogens with zero attached hydrogens (tertiary/aromatic N) is 1. The third-order valence-electron chi connectivity index (χ3n) is 5.11. The molecule has 8 heteroatoms. The summed E-state index contributed by atoms with van der Waals surface area (Å²) in [7, 11) is 4.75. The number of rotatable bonds is 9. The van der Waals surface area contributed by atoms with Gasteiger partial charge in [0.1, 0.15) is 0 Å². The standard InChI is InChI=1S/C25H37N3O4.HI/c1-8-26-24(27-15-17-13-21(30-5)23(32-7)22(14-17)31-6)28-16-20(29)18-9-11-19(12-10-18)25(2,3)4;/h9-14,20,29H,8,15-16H2,1-7H3,(H2,26,27,28);1H. The highest BCUT2D eigenvalue weighted by Gasteiger charge is 2.15. The molecule has 0 aliphatic heterocycles. The molecule has 2 aromatic rings. The molecule has 2 rings (SSSR count). The molecule has 0 heterocycles. The van der Waals surface area contributed by atoms with Gasteiger partial charge >= 0.3 is 0 Å². The Bertz CT molecular complexity index is 871. The second kappa shape index (κ2) is 13.5. The van der Waals surface area contributed by atoms with Gasteiger partial charge in [0.05, 0.1) is 34.0 Å². The summed E-state index contributed by atoms with van der Waals surface area (Å²) < 4.78 is 16.2. The number of hydrogen-bond acceptors (Lipinski definition) is 5. The summed E-state index contributed by atoms with van der Waals surface area (Å²) in [6.45, 7) is 9.97. The van der Waals surface area contributed by atoms with Gasteiger partial charge in [0.15, 0.2) is 17.5 Å². The highest BCUT2D eigenvalue weighted by Crippen LogP contribution is 2.38. The van der Waals surface area contributed by atoms with Gasteiger partial charge in [-0.2, -0.15) is 0 Å². The number of aliphatic hydroxyl groups excluding tert-OH is 1. The van der Waals surface area contributed by atoms with Crippen LogP contribution in [0, 0.1) is 0 Å². The Labute approximate surface area is 215 Å². The van der Waals surface area contributed by atoms with Crippen molar-refractivity contribution in [1.82, 2.24) is 10.6 Å². The predicted octanol–water partition coefficient (Wildman–Crippen LogP) is 4.42. The Hall–Kier alpha value is -2.20. The summed E-state index contributed by atoms with van der Waals surface area (Å²) in [5, 5.41) is 17.0. The van der Waals surface area contributed by atoms with Crippen molar-refractivity contribution in [3.63, 3.8) is 0 Å². The van der Waals surface area contributed by atoms with Gasteiger partial charge in [0.2, 0.25) is 5.75 Å². The van der Waals surface area contributed by atoms with E-state index < -0.39 is 6.10 Å². The first-order chi connectivity index (χ1) is 15.2. The van der Waals surface area contributed by atoms with E-state index in [-0.39, 0.29) is 29.4 Å². The van der Waals surface area contributed by atoms with E-state index in [0.29, 0.717) is 42.8 Å². The minimum Gasteiger partial charge on any atom is -0.493 e. The molecule has 184 valence electrons. The van der Waals surface area contributed by atoms with Gasteiger partial charge in [-0.3, -0.25) is 0 Å². The average molecular weight is 572 g/mol. The maximum absolute atomic E-state index is 10.6. The number of methoxy groups -OCH3 is 3. The molecule has 0 amide bonds. The van der Waals surface area contributed by atoms with Gasteiger partial charge in [0, 0.05) is 13.1 Å². The molecule has 0 bridgehead atoms. The van der Waals surface area contributed by atoms with E-state index in [1.165, 1.54) is 5.56 Å². The number of halogens is 1. The largest absolute Gasteiger partial charge is 0.493 e. The molecular formula is C25H38IN3O4. The van der Waals surface area contributed by atoms with Crippen LogP contribution in [0.1, 0.15) is 50.5 Å². The van der Waals surface area contributed by atoms with Gasteiger partial charge in [-0.05, 0) is 41.2 Å². The Balaban J connectivity index is 0.00000544. The third-order valence-corrected chi connectivity index (χ3v) is 5.11. The van der Waals surface area contributed by atoms with E-state index in [2.05, 4.69) is 48.5 Å². The maximum Gasteiger partial charge on any atom is 0.203 e. The van der Waals surface area contributed by atoms with Crippen LogP contribution in [0.5, 0.6) is 17.2 Å². The highest BCUT2D eigenvalue weighted by atomic mass is 127. The van der Waals surface area contributed by atoms with Crippen LogP contribution in [0.4, 0.5) is 0 Å². The van der Waals surface area contributed by atoms with Gasteiger partial charge in [-0.25, -0.2) is 4.99 Å². The molecule has 0 saturated heterocycles. The molecule has 1 unspecified atom stereocenters. The number of nitrogens with one attached hydrogen (secondary N) is 2. The Kier molecular flexibility index (Phi) is 11.8. The quantitative estimate of drug-likeness (QED) is 0.235. The number of hydrogen-bond donors (Lipinski definition) is 3. The minimum atomic E-state index is -0.644. The Morgan fingerprint density at radius 3 is 2.00 bits per heavy atom. The number of aliphatic imine (C=N–C) groups is 1. The molecule has 33 heavy (non-hydrogen) atoms. The lowest BCUT2D eigenvalue weighted by Gasteiger charge is -2.20. The third kappa shape index (κ3) is 8.26. The first kappa shape index (κ1) is 28.8. The molecule has 3 N–H and O–H groups in total. The lowest BCUT2D eigenvalue weighted by atomic mass is 9.86. The lowest BCUT2D eigenvalue weighted by Crippen LogP contribution is -2.39. The predicted molar refractivity (Wildman–Crippen MR) is 144 cm³/mol. The van der Waals surface area contributed by atoms with Crippen LogP contribution in [0.2, 0.25) is 0 Å². The zero-order valence-electron chi connectivity index (χ0n) is 20.7. The molecule has 0 radical (unpaired) electrons. The number of aliphatic hydroxyl groups is 1. The van der Waals surface area contributed by atoms with Crippen molar-refractivity contribution in [2.45, 2.75) is 45.8 Å². The highest BCUT2D eigenvalue weighted by molar-refractivity contribution is 14.0. The van der Waals surface area contributed by atoms with E-state index in [1.54, 1.807) is 21.3 Å². The van der Waals surface area contributed by atoms with Crippen LogP contribution < -0.4 is 24.8 Å². The van der Waals surface area contributed by atoms with E-state index >= 15 is 0 Å². The number of ether oxygens (including phenoxy) is 3. The molecule has 0 aromatic heterocycles. The molecule has 0 spiro atoms. The van der Waals surface area contributed by atoms with Crippen LogP contribution in [0.15, 0.2) is 41.4 Å². The van der Waals surface area contributed by atoms with Crippen LogP contribution >= 0.6 is 24.0 Å². The topological polar surface area (TPSA) is 84.3 Å². The van der Waals surface area contributed by atoms with Crippen LogP contribution in [-0.4, -0.2) is 45.5 Å². The SMILES string of the molecule is CCNC(=NCc1cc(OC)c(OC)c(OC)c1)NCC(O)c1ccc(C(C)(C)C)cc1.I. The van der Waals surface area contributed by atoms with E-state index in [4.69, 9.17) is 14.2 Å². The van der Waals surface area contributed by atoms with Gasteiger partial charge < -0.3 is 30.0 Å². The maximum atomic E-state index is 10.6. The van der Waals surface area contributed by atoms with E-state index in [0.717, 1.165) is 11.1 Å². The lowest BCUT2D eigenvalue weighted by molar-refractivity contribution is 0.181. The molecule has 7 nitrogen and oxygen atoms in total. The summed E-state index contributed by atoms with van der Waals surface area (Å²) in [5.74, 6) is 2.34.